The molecule has 6 heteroatoms. The van der Waals surface area contributed by atoms with Crippen molar-refractivity contribution < 1.29 is 8.78 Å². The average Bonchev–Trinajstić information content (AvgIpc) is 2.14. The highest BCUT2D eigenvalue weighted by Crippen LogP contribution is 2.38. The van der Waals surface area contributed by atoms with Gasteiger partial charge in [0.25, 0.3) is 6.43 Å². The quantitative estimate of drug-likeness (QED) is 0.604. The molecule has 17 heavy (non-hydrogen) atoms. The standard InChI is InChI=1S/C11H14ClF2NS2/c1-11(2,3)15-17-7-5-4-6(16)8(9(7)12)10(13)14/h4-5,10,15-16H,1-3H3. The number of alkyl halides is 2. The van der Waals surface area contributed by atoms with Gasteiger partial charge in [0.15, 0.2) is 0 Å². The number of hydrogen-bond acceptors (Lipinski definition) is 3. The van der Waals surface area contributed by atoms with E-state index < -0.39 is 6.43 Å². The lowest BCUT2D eigenvalue weighted by atomic mass is 10.1. The Hall–Kier alpha value is 0.0300. The lowest BCUT2D eigenvalue weighted by molar-refractivity contribution is 0.148. The Morgan fingerprint density at radius 1 is 1.35 bits per heavy atom. The molecule has 1 aromatic rings. The maximum absolute atomic E-state index is 12.8. The van der Waals surface area contributed by atoms with Gasteiger partial charge in [-0.05, 0) is 44.9 Å². The molecule has 1 nitrogen and oxygen atoms in total. The molecule has 0 aromatic heterocycles. The van der Waals surface area contributed by atoms with Crippen LogP contribution < -0.4 is 4.72 Å². The fourth-order valence-corrected chi connectivity index (χ4v) is 2.52. The maximum Gasteiger partial charge on any atom is 0.266 e. The Bertz CT molecular complexity index is 405. The smallest absolute Gasteiger partial charge is 0.255 e. The molecule has 0 saturated carbocycles. The molecule has 0 aliphatic carbocycles. The number of rotatable bonds is 3. The van der Waals surface area contributed by atoms with Gasteiger partial charge in [0.1, 0.15) is 0 Å². The van der Waals surface area contributed by atoms with Crippen molar-refractivity contribution in [3.05, 3.63) is 22.7 Å². The molecule has 1 N–H and O–H groups in total. The fourth-order valence-electron chi connectivity index (χ4n) is 1.06. The molecule has 0 atom stereocenters. The number of thiol groups is 1. The van der Waals surface area contributed by atoms with E-state index in [9.17, 15) is 8.78 Å². The summed E-state index contributed by atoms with van der Waals surface area (Å²) in [5, 5.41) is 0.0641. The molecule has 0 heterocycles. The van der Waals surface area contributed by atoms with E-state index in [1.54, 1.807) is 6.07 Å². The van der Waals surface area contributed by atoms with E-state index >= 15 is 0 Å². The summed E-state index contributed by atoms with van der Waals surface area (Å²) in [6.07, 6.45) is -2.62. The second kappa shape index (κ2) is 5.78. The predicted octanol–water partition coefficient (Wildman–Crippen LogP) is 4.96. The maximum atomic E-state index is 12.8. The first kappa shape index (κ1) is 15.1. The molecule has 0 amide bonds. The van der Waals surface area contributed by atoms with Crippen molar-refractivity contribution in [1.82, 2.24) is 4.72 Å². The topological polar surface area (TPSA) is 12.0 Å². The second-order valence-corrected chi connectivity index (χ2v) is 6.27. The third-order valence-corrected chi connectivity index (χ3v) is 3.99. The van der Waals surface area contributed by atoms with E-state index in [4.69, 9.17) is 11.6 Å². The minimum absolute atomic E-state index is 0.0641. The van der Waals surface area contributed by atoms with Crippen LogP contribution in [0.5, 0.6) is 0 Å². The van der Waals surface area contributed by atoms with Crippen molar-refractivity contribution in [3.8, 4) is 0 Å². The van der Waals surface area contributed by atoms with Gasteiger partial charge >= 0.3 is 0 Å². The summed E-state index contributed by atoms with van der Waals surface area (Å²) < 4.78 is 28.7. The van der Waals surface area contributed by atoms with Gasteiger partial charge in [0.2, 0.25) is 0 Å². The zero-order valence-electron chi connectivity index (χ0n) is 9.72. The third kappa shape index (κ3) is 4.32. The molecular formula is C11H14ClF2NS2. The van der Waals surface area contributed by atoms with Crippen LogP contribution >= 0.6 is 36.2 Å². The fraction of sp³-hybridized carbons (Fsp3) is 0.455. The number of hydrogen-bond donors (Lipinski definition) is 2. The Labute approximate surface area is 115 Å². The van der Waals surface area contributed by atoms with Crippen LogP contribution in [0.15, 0.2) is 21.9 Å². The lowest BCUT2D eigenvalue weighted by Crippen LogP contribution is -2.29. The van der Waals surface area contributed by atoms with E-state index in [1.807, 2.05) is 20.8 Å². The van der Waals surface area contributed by atoms with Crippen LogP contribution in [-0.2, 0) is 0 Å². The Kier molecular flexibility index (Phi) is 5.13. The van der Waals surface area contributed by atoms with Gasteiger partial charge in [0, 0.05) is 15.3 Å². The van der Waals surface area contributed by atoms with Gasteiger partial charge in [-0.15, -0.1) is 12.6 Å². The zero-order valence-corrected chi connectivity index (χ0v) is 12.2. The first-order valence-corrected chi connectivity index (χ1v) is 6.60. The Balaban J connectivity index is 2.99. The van der Waals surface area contributed by atoms with Crippen molar-refractivity contribution >= 4 is 36.2 Å². The Morgan fingerprint density at radius 3 is 2.41 bits per heavy atom. The van der Waals surface area contributed by atoms with E-state index in [0.29, 0.717) is 4.90 Å². The van der Waals surface area contributed by atoms with Gasteiger partial charge in [-0.3, -0.25) is 4.72 Å². The van der Waals surface area contributed by atoms with Crippen LogP contribution in [0, 0.1) is 0 Å². The molecule has 0 bridgehead atoms. The van der Waals surface area contributed by atoms with Gasteiger partial charge in [-0.25, -0.2) is 8.78 Å². The minimum atomic E-state index is -2.62. The molecule has 0 aliphatic rings. The molecule has 96 valence electrons. The first-order chi connectivity index (χ1) is 7.72. The van der Waals surface area contributed by atoms with Gasteiger partial charge < -0.3 is 0 Å². The molecule has 1 rings (SSSR count). The van der Waals surface area contributed by atoms with E-state index in [0.717, 1.165) is 0 Å². The summed E-state index contributed by atoms with van der Waals surface area (Å²) in [6.45, 7) is 5.94. The van der Waals surface area contributed by atoms with Crippen LogP contribution in [0.2, 0.25) is 5.02 Å². The largest absolute Gasteiger partial charge is 0.266 e. The molecule has 0 fully saturated rings. The zero-order chi connectivity index (χ0) is 13.2. The monoisotopic (exact) mass is 297 g/mol. The predicted molar refractivity (Wildman–Crippen MR) is 72.4 cm³/mol. The van der Waals surface area contributed by atoms with E-state index in [-0.39, 0.29) is 21.0 Å². The highest BCUT2D eigenvalue weighted by molar-refractivity contribution is 7.97. The molecule has 1 aromatic carbocycles. The number of benzene rings is 1. The van der Waals surface area contributed by atoms with Crippen molar-refractivity contribution in [1.29, 1.82) is 0 Å². The average molecular weight is 298 g/mol. The van der Waals surface area contributed by atoms with E-state index in [1.165, 1.54) is 18.0 Å². The summed E-state index contributed by atoms with van der Waals surface area (Å²) in [5.74, 6) is 0. The Morgan fingerprint density at radius 2 is 1.94 bits per heavy atom. The van der Waals surface area contributed by atoms with Crippen LogP contribution in [0.25, 0.3) is 0 Å². The third-order valence-electron chi connectivity index (χ3n) is 1.81. The molecule has 0 unspecified atom stereocenters. The van der Waals surface area contributed by atoms with Gasteiger partial charge in [-0.1, -0.05) is 11.6 Å². The molecular weight excluding hydrogens is 284 g/mol. The highest BCUT2D eigenvalue weighted by atomic mass is 35.5. The van der Waals surface area contributed by atoms with Crippen LogP contribution in [0.1, 0.15) is 32.8 Å². The van der Waals surface area contributed by atoms with Gasteiger partial charge in [-0.2, -0.15) is 0 Å². The van der Waals surface area contributed by atoms with Gasteiger partial charge in [0.05, 0.1) is 10.6 Å². The highest BCUT2D eigenvalue weighted by Gasteiger charge is 2.19. The summed E-state index contributed by atoms with van der Waals surface area (Å²) in [6, 6.07) is 3.21. The van der Waals surface area contributed by atoms with Crippen molar-refractivity contribution in [2.24, 2.45) is 0 Å². The van der Waals surface area contributed by atoms with Crippen molar-refractivity contribution in [2.45, 2.75) is 42.5 Å². The second-order valence-electron chi connectivity index (χ2n) is 4.57. The van der Waals surface area contributed by atoms with Crippen LogP contribution in [0.4, 0.5) is 8.78 Å². The SMILES string of the molecule is CC(C)(C)NSc1ccc(S)c(C(F)F)c1Cl. The number of halogens is 3. The van der Waals surface area contributed by atoms with Crippen molar-refractivity contribution in [3.63, 3.8) is 0 Å². The normalized spacial score (nSPS) is 12.2. The summed E-state index contributed by atoms with van der Waals surface area (Å²) in [7, 11) is 0. The molecule has 0 aliphatic heterocycles. The van der Waals surface area contributed by atoms with Crippen LogP contribution in [-0.4, -0.2) is 5.54 Å². The summed E-state index contributed by atoms with van der Waals surface area (Å²) in [4.78, 5) is 0.791. The van der Waals surface area contributed by atoms with E-state index in [2.05, 4.69) is 17.4 Å². The van der Waals surface area contributed by atoms with Crippen molar-refractivity contribution in [2.75, 3.05) is 0 Å². The summed E-state index contributed by atoms with van der Waals surface area (Å²) in [5.41, 5.74) is -0.339. The summed E-state index contributed by atoms with van der Waals surface area (Å²) >= 11 is 11.2. The molecule has 0 saturated heterocycles. The van der Waals surface area contributed by atoms with Crippen LogP contribution in [0.3, 0.4) is 0 Å². The first-order valence-electron chi connectivity index (χ1n) is 4.96. The minimum Gasteiger partial charge on any atom is -0.255 e. The lowest BCUT2D eigenvalue weighted by Gasteiger charge is -2.20. The molecule has 0 spiro atoms. The number of nitrogens with one attached hydrogen (secondary N) is 1. The molecule has 0 radical (unpaired) electrons.